The molecule has 1 N–H and O–H groups in total. The number of ether oxygens (including phenoxy) is 1. The average Bonchev–Trinajstić information content (AvgIpc) is 3.31. The Morgan fingerprint density at radius 3 is 2.56 bits per heavy atom. The first-order chi connectivity index (χ1) is 15.4. The minimum Gasteiger partial charge on any atom is -0.497 e. The van der Waals surface area contributed by atoms with Crippen LogP contribution in [-0.2, 0) is 10.0 Å². The SMILES string of the molecule is COc1ccc(NC(=O)c2nnc([C@H]3CCCN(S(=O)(=O)c4ccc(Cl)cc4)C3)s2)cc1. The molecular weight excluding hydrogens is 472 g/mol. The Kier molecular flexibility index (Phi) is 6.75. The highest BCUT2D eigenvalue weighted by Gasteiger charge is 2.32. The third-order valence-electron chi connectivity index (χ3n) is 5.17. The van der Waals surface area contributed by atoms with Gasteiger partial charge in [0.25, 0.3) is 5.91 Å². The zero-order valence-corrected chi connectivity index (χ0v) is 19.6. The van der Waals surface area contributed by atoms with Crippen LogP contribution in [0.25, 0.3) is 0 Å². The van der Waals surface area contributed by atoms with E-state index in [1.165, 1.54) is 27.8 Å². The van der Waals surface area contributed by atoms with Crippen molar-refractivity contribution in [1.82, 2.24) is 14.5 Å². The molecule has 1 aliphatic heterocycles. The standard InChI is InChI=1S/C21H21ClN4O4S2/c1-30-17-8-6-16(7-9-17)23-19(27)21-25-24-20(31-21)14-3-2-12-26(13-14)32(28,29)18-10-4-15(22)5-11-18/h4-11,14H,2-3,12-13H2,1H3,(H,23,27)/t14-/m0/s1. The first-order valence-electron chi connectivity index (χ1n) is 9.91. The maximum absolute atomic E-state index is 13.0. The summed E-state index contributed by atoms with van der Waals surface area (Å²) >= 11 is 7.07. The van der Waals surface area contributed by atoms with Gasteiger partial charge >= 0.3 is 0 Å². The number of piperidine rings is 1. The molecule has 4 rings (SSSR count). The zero-order valence-electron chi connectivity index (χ0n) is 17.2. The third-order valence-corrected chi connectivity index (χ3v) is 8.38. The van der Waals surface area contributed by atoms with Crippen LogP contribution >= 0.6 is 22.9 Å². The smallest absolute Gasteiger partial charge is 0.286 e. The number of hydrogen-bond acceptors (Lipinski definition) is 7. The Balaban J connectivity index is 1.45. The Morgan fingerprint density at radius 2 is 1.88 bits per heavy atom. The van der Waals surface area contributed by atoms with E-state index in [1.54, 1.807) is 43.5 Å². The molecule has 0 aliphatic carbocycles. The molecule has 11 heteroatoms. The molecule has 0 bridgehead atoms. The van der Waals surface area contributed by atoms with Crippen LogP contribution in [0.3, 0.4) is 0 Å². The molecule has 2 aromatic carbocycles. The fourth-order valence-electron chi connectivity index (χ4n) is 3.47. The maximum atomic E-state index is 13.0. The first kappa shape index (κ1) is 22.7. The highest BCUT2D eigenvalue weighted by Crippen LogP contribution is 2.32. The van der Waals surface area contributed by atoms with E-state index in [0.717, 1.165) is 6.42 Å². The van der Waals surface area contributed by atoms with Crippen molar-refractivity contribution >= 4 is 44.6 Å². The van der Waals surface area contributed by atoms with Gasteiger partial charge < -0.3 is 10.1 Å². The average molecular weight is 493 g/mol. The summed E-state index contributed by atoms with van der Waals surface area (Å²) in [4.78, 5) is 12.8. The normalized spacial score (nSPS) is 17.1. The van der Waals surface area contributed by atoms with Crippen molar-refractivity contribution < 1.29 is 17.9 Å². The Morgan fingerprint density at radius 1 is 1.16 bits per heavy atom. The summed E-state index contributed by atoms with van der Waals surface area (Å²) in [6.07, 6.45) is 1.48. The van der Waals surface area contributed by atoms with E-state index in [9.17, 15) is 13.2 Å². The third kappa shape index (κ3) is 4.93. The van der Waals surface area contributed by atoms with Crippen LogP contribution in [-0.4, -0.2) is 49.0 Å². The van der Waals surface area contributed by atoms with Crippen LogP contribution in [0.2, 0.25) is 5.02 Å². The lowest BCUT2D eigenvalue weighted by Gasteiger charge is -2.30. The number of carbonyl (C=O) groups is 1. The summed E-state index contributed by atoms with van der Waals surface area (Å²) in [5.41, 5.74) is 0.616. The molecule has 8 nitrogen and oxygen atoms in total. The number of nitrogens with one attached hydrogen (secondary N) is 1. The minimum absolute atomic E-state index is 0.120. The molecule has 1 amide bonds. The number of methoxy groups -OCH3 is 1. The molecule has 1 atom stereocenters. The van der Waals surface area contributed by atoms with Crippen molar-refractivity contribution in [3.8, 4) is 5.75 Å². The van der Waals surface area contributed by atoms with E-state index < -0.39 is 10.0 Å². The molecule has 0 radical (unpaired) electrons. The molecule has 0 unspecified atom stereocenters. The number of halogens is 1. The topological polar surface area (TPSA) is 101 Å². The van der Waals surface area contributed by atoms with Crippen LogP contribution in [0.4, 0.5) is 5.69 Å². The monoisotopic (exact) mass is 492 g/mol. The fraction of sp³-hybridized carbons (Fsp3) is 0.286. The minimum atomic E-state index is -3.63. The molecule has 3 aromatic rings. The van der Waals surface area contributed by atoms with Crippen LogP contribution in [0.1, 0.15) is 33.6 Å². The second-order valence-electron chi connectivity index (χ2n) is 7.28. The van der Waals surface area contributed by atoms with Crippen LogP contribution in [0.5, 0.6) is 5.75 Å². The Labute approximate surface area is 195 Å². The molecule has 0 spiro atoms. The molecule has 1 saturated heterocycles. The van der Waals surface area contributed by atoms with Gasteiger partial charge in [0, 0.05) is 29.7 Å². The quantitative estimate of drug-likeness (QED) is 0.557. The maximum Gasteiger partial charge on any atom is 0.286 e. The molecular formula is C21H21ClN4O4S2. The number of carbonyl (C=O) groups excluding carboxylic acids is 1. The van der Waals surface area contributed by atoms with Gasteiger partial charge in [-0.1, -0.05) is 22.9 Å². The number of benzene rings is 2. The van der Waals surface area contributed by atoms with Crippen molar-refractivity contribution in [1.29, 1.82) is 0 Å². The van der Waals surface area contributed by atoms with E-state index in [1.807, 2.05) is 0 Å². The molecule has 168 valence electrons. The fourth-order valence-corrected chi connectivity index (χ4v) is 5.98. The highest BCUT2D eigenvalue weighted by atomic mass is 35.5. The predicted molar refractivity (Wildman–Crippen MR) is 123 cm³/mol. The molecule has 0 saturated carbocycles. The van der Waals surface area contributed by atoms with Crippen molar-refractivity contribution in [2.24, 2.45) is 0 Å². The van der Waals surface area contributed by atoms with Crippen LogP contribution in [0, 0.1) is 0 Å². The first-order valence-corrected chi connectivity index (χ1v) is 12.5. The van der Waals surface area contributed by atoms with Gasteiger partial charge in [-0.15, -0.1) is 10.2 Å². The number of anilines is 1. The summed E-state index contributed by atoms with van der Waals surface area (Å²) in [6.45, 7) is 0.727. The van der Waals surface area contributed by atoms with Crippen LogP contribution < -0.4 is 10.1 Å². The number of sulfonamides is 1. The number of aromatic nitrogens is 2. The number of rotatable bonds is 6. The summed E-state index contributed by atoms with van der Waals surface area (Å²) in [7, 11) is -2.06. The van der Waals surface area contributed by atoms with E-state index in [-0.39, 0.29) is 21.7 Å². The van der Waals surface area contributed by atoms with Gasteiger partial charge in [0.1, 0.15) is 10.8 Å². The van der Waals surface area contributed by atoms with Gasteiger partial charge in [-0.2, -0.15) is 4.31 Å². The largest absolute Gasteiger partial charge is 0.497 e. The number of nitrogens with zero attached hydrogens (tertiary/aromatic N) is 3. The lowest BCUT2D eigenvalue weighted by atomic mass is 10.0. The van der Waals surface area contributed by atoms with Gasteiger partial charge in [-0.25, -0.2) is 8.42 Å². The van der Waals surface area contributed by atoms with Gasteiger partial charge in [0.15, 0.2) is 0 Å². The Bertz CT molecular complexity index is 1200. The second kappa shape index (κ2) is 9.53. The van der Waals surface area contributed by atoms with Gasteiger partial charge in [0.2, 0.25) is 15.0 Å². The summed E-state index contributed by atoms with van der Waals surface area (Å²) in [6, 6.07) is 13.1. The van der Waals surface area contributed by atoms with Gasteiger partial charge in [0.05, 0.1) is 12.0 Å². The lowest BCUT2D eigenvalue weighted by molar-refractivity contribution is 0.102. The lowest BCUT2D eigenvalue weighted by Crippen LogP contribution is -2.39. The van der Waals surface area contributed by atoms with Crippen molar-refractivity contribution in [3.63, 3.8) is 0 Å². The van der Waals surface area contributed by atoms with E-state index in [4.69, 9.17) is 16.3 Å². The summed E-state index contributed by atoms with van der Waals surface area (Å²) < 4.78 is 32.6. The van der Waals surface area contributed by atoms with Gasteiger partial charge in [-0.05, 0) is 61.4 Å². The zero-order chi connectivity index (χ0) is 22.7. The Hall–Kier alpha value is -2.53. The number of hydrogen-bond donors (Lipinski definition) is 1. The molecule has 2 heterocycles. The van der Waals surface area contributed by atoms with E-state index in [0.29, 0.717) is 41.0 Å². The van der Waals surface area contributed by atoms with Gasteiger partial charge in [-0.3, -0.25) is 4.79 Å². The molecule has 1 aliphatic rings. The van der Waals surface area contributed by atoms with Crippen molar-refractivity contribution in [2.45, 2.75) is 23.7 Å². The summed E-state index contributed by atoms with van der Waals surface area (Å²) in [5.74, 6) is 0.211. The van der Waals surface area contributed by atoms with Crippen molar-refractivity contribution in [3.05, 3.63) is 63.6 Å². The number of amides is 1. The predicted octanol–water partition coefficient (Wildman–Crippen LogP) is 4.02. The molecule has 1 aromatic heterocycles. The highest BCUT2D eigenvalue weighted by molar-refractivity contribution is 7.89. The van der Waals surface area contributed by atoms with Crippen LogP contribution in [0.15, 0.2) is 53.4 Å². The second-order valence-corrected chi connectivity index (χ2v) is 10.7. The molecule has 32 heavy (non-hydrogen) atoms. The molecule has 1 fully saturated rings. The van der Waals surface area contributed by atoms with E-state index in [2.05, 4.69) is 15.5 Å². The summed E-state index contributed by atoms with van der Waals surface area (Å²) in [5, 5.41) is 12.4. The van der Waals surface area contributed by atoms with E-state index >= 15 is 0 Å². The van der Waals surface area contributed by atoms with Crippen molar-refractivity contribution in [2.75, 3.05) is 25.5 Å².